The summed E-state index contributed by atoms with van der Waals surface area (Å²) in [6.45, 7) is 3.70. The second-order valence-electron chi connectivity index (χ2n) is 5.60. The number of H-pyrrole nitrogens is 1. The minimum absolute atomic E-state index is 0.577. The molecule has 2 aromatic heterocycles. The van der Waals surface area contributed by atoms with Gasteiger partial charge in [0.2, 0.25) is 5.82 Å². The number of hydrogen-bond acceptors (Lipinski definition) is 6. The molecule has 1 unspecified atom stereocenters. The van der Waals surface area contributed by atoms with Gasteiger partial charge in [0.25, 0.3) is 0 Å². The predicted octanol–water partition coefficient (Wildman–Crippen LogP) is 1.12. The van der Waals surface area contributed by atoms with E-state index in [4.69, 9.17) is 4.74 Å². The van der Waals surface area contributed by atoms with E-state index in [1.807, 2.05) is 6.20 Å². The van der Waals surface area contributed by atoms with Gasteiger partial charge in [0.15, 0.2) is 0 Å². The molecule has 21 heavy (non-hydrogen) atoms. The Balaban J connectivity index is 1.60. The second-order valence-corrected chi connectivity index (χ2v) is 5.60. The van der Waals surface area contributed by atoms with Crippen LogP contribution in [-0.4, -0.2) is 57.3 Å². The van der Waals surface area contributed by atoms with Gasteiger partial charge < -0.3 is 9.64 Å². The van der Waals surface area contributed by atoms with Crippen molar-refractivity contribution in [3.8, 4) is 11.4 Å². The lowest BCUT2D eigenvalue weighted by atomic mass is 10.0. The van der Waals surface area contributed by atoms with E-state index in [-0.39, 0.29) is 0 Å². The van der Waals surface area contributed by atoms with Gasteiger partial charge in [0.1, 0.15) is 0 Å². The van der Waals surface area contributed by atoms with Crippen molar-refractivity contribution in [2.45, 2.75) is 19.4 Å². The second kappa shape index (κ2) is 6.73. The fourth-order valence-corrected chi connectivity index (χ4v) is 2.75. The van der Waals surface area contributed by atoms with Crippen LogP contribution in [0.3, 0.4) is 0 Å². The van der Waals surface area contributed by atoms with Gasteiger partial charge in [-0.05, 0) is 42.7 Å². The number of nitrogens with zero attached hydrogens (tertiary/aromatic N) is 5. The molecular weight excluding hydrogens is 268 g/mol. The number of pyridine rings is 1. The first-order chi connectivity index (χ1) is 10.3. The quantitative estimate of drug-likeness (QED) is 0.888. The van der Waals surface area contributed by atoms with Crippen LogP contribution in [0.15, 0.2) is 18.5 Å². The number of hydrogen-bond donors (Lipinski definition) is 1. The Kier molecular flexibility index (Phi) is 4.52. The largest absolute Gasteiger partial charge is 0.381 e. The molecule has 0 saturated carbocycles. The van der Waals surface area contributed by atoms with Crippen LogP contribution in [0.5, 0.6) is 0 Å². The van der Waals surface area contributed by atoms with Gasteiger partial charge in [-0.3, -0.25) is 4.98 Å². The number of rotatable bonds is 5. The predicted molar refractivity (Wildman–Crippen MR) is 77.3 cm³/mol. The van der Waals surface area contributed by atoms with E-state index in [0.29, 0.717) is 11.7 Å². The Morgan fingerprint density at radius 2 is 2.38 bits per heavy atom. The first-order valence-electron chi connectivity index (χ1n) is 7.25. The maximum Gasteiger partial charge on any atom is 0.206 e. The SMILES string of the molecule is CN(Cc1cncc(-c2nn[nH]n2)c1)CC1CCCOC1. The van der Waals surface area contributed by atoms with Gasteiger partial charge >= 0.3 is 0 Å². The van der Waals surface area contributed by atoms with Crippen molar-refractivity contribution >= 4 is 0 Å². The highest BCUT2D eigenvalue weighted by molar-refractivity contribution is 5.52. The average molecular weight is 288 g/mol. The van der Waals surface area contributed by atoms with Gasteiger partial charge in [-0.25, -0.2) is 0 Å². The molecule has 7 nitrogen and oxygen atoms in total. The smallest absolute Gasteiger partial charge is 0.206 e. The van der Waals surface area contributed by atoms with Crippen molar-refractivity contribution in [2.75, 3.05) is 26.8 Å². The molecule has 1 N–H and O–H groups in total. The maximum absolute atomic E-state index is 5.54. The Morgan fingerprint density at radius 3 is 3.14 bits per heavy atom. The van der Waals surface area contributed by atoms with Crippen LogP contribution in [0.4, 0.5) is 0 Å². The van der Waals surface area contributed by atoms with Gasteiger partial charge in [-0.2, -0.15) is 5.21 Å². The molecule has 1 atom stereocenters. The Hall–Kier alpha value is -1.86. The van der Waals surface area contributed by atoms with E-state index >= 15 is 0 Å². The van der Waals surface area contributed by atoms with E-state index in [2.05, 4.69) is 43.6 Å². The third-order valence-electron chi connectivity index (χ3n) is 3.68. The minimum atomic E-state index is 0.577. The summed E-state index contributed by atoms with van der Waals surface area (Å²) >= 11 is 0. The van der Waals surface area contributed by atoms with E-state index in [1.165, 1.54) is 12.8 Å². The summed E-state index contributed by atoms with van der Waals surface area (Å²) in [5, 5.41) is 14.0. The van der Waals surface area contributed by atoms with Crippen LogP contribution in [-0.2, 0) is 11.3 Å². The monoisotopic (exact) mass is 288 g/mol. The van der Waals surface area contributed by atoms with Crippen LogP contribution in [0.25, 0.3) is 11.4 Å². The molecule has 1 saturated heterocycles. The summed E-state index contributed by atoms with van der Waals surface area (Å²) in [4.78, 5) is 6.58. The molecule has 1 aliphatic rings. The van der Waals surface area contributed by atoms with E-state index in [0.717, 1.165) is 37.4 Å². The summed E-state index contributed by atoms with van der Waals surface area (Å²) in [5.74, 6) is 1.21. The number of aromatic nitrogens is 5. The molecule has 1 fully saturated rings. The molecule has 3 rings (SSSR count). The van der Waals surface area contributed by atoms with Gasteiger partial charge in [-0.15, -0.1) is 10.2 Å². The Labute approximate surface area is 123 Å². The number of nitrogens with one attached hydrogen (secondary N) is 1. The third-order valence-corrected chi connectivity index (χ3v) is 3.68. The fraction of sp³-hybridized carbons (Fsp3) is 0.571. The van der Waals surface area contributed by atoms with E-state index in [9.17, 15) is 0 Å². The molecule has 0 spiro atoms. The number of aromatic amines is 1. The van der Waals surface area contributed by atoms with E-state index < -0.39 is 0 Å². The van der Waals surface area contributed by atoms with Crippen molar-refractivity contribution in [3.05, 3.63) is 24.0 Å². The highest BCUT2D eigenvalue weighted by Crippen LogP contribution is 2.17. The third kappa shape index (κ3) is 3.83. The topological polar surface area (TPSA) is 79.8 Å². The molecule has 112 valence electrons. The van der Waals surface area contributed by atoms with Gasteiger partial charge in [0.05, 0.1) is 6.61 Å². The first kappa shape index (κ1) is 14.1. The van der Waals surface area contributed by atoms with Crippen LogP contribution in [0.2, 0.25) is 0 Å². The van der Waals surface area contributed by atoms with Crippen molar-refractivity contribution in [1.82, 2.24) is 30.5 Å². The van der Waals surface area contributed by atoms with Crippen molar-refractivity contribution in [1.29, 1.82) is 0 Å². The number of ether oxygens (including phenoxy) is 1. The molecular formula is C14H20N6O. The Bertz CT molecular complexity index is 552. The lowest BCUT2D eigenvalue weighted by molar-refractivity contribution is 0.0411. The summed E-state index contributed by atoms with van der Waals surface area (Å²) in [5.41, 5.74) is 2.03. The lowest BCUT2D eigenvalue weighted by Crippen LogP contribution is -2.30. The fourth-order valence-electron chi connectivity index (χ4n) is 2.75. The molecule has 7 heteroatoms. The van der Waals surface area contributed by atoms with Gasteiger partial charge in [0, 0.05) is 37.7 Å². The highest BCUT2D eigenvalue weighted by Gasteiger charge is 2.16. The van der Waals surface area contributed by atoms with Crippen LogP contribution < -0.4 is 0 Å². The van der Waals surface area contributed by atoms with Crippen molar-refractivity contribution in [3.63, 3.8) is 0 Å². The summed E-state index contributed by atoms with van der Waals surface area (Å²) < 4.78 is 5.54. The summed E-state index contributed by atoms with van der Waals surface area (Å²) in [7, 11) is 2.13. The van der Waals surface area contributed by atoms with Crippen molar-refractivity contribution in [2.24, 2.45) is 5.92 Å². The minimum Gasteiger partial charge on any atom is -0.381 e. The van der Waals surface area contributed by atoms with Crippen LogP contribution in [0.1, 0.15) is 18.4 Å². The molecule has 0 amide bonds. The zero-order chi connectivity index (χ0) is 14.5. The zero-order valence-corrected chi connectivity index (χ0v) is 12.2. The molecule has 0 bridgehead atoms. The first-order valence-corrected chi connectivity index (χ1v) is 7.25. The molecule has 1 aliphatic heterocycles. The molecule has 0 aromatic carbocycles. The summed E-state index contributed by atoms with van der Waals surface area (Å²) in [6, 6.07) is 2.06. The lowest BCUT2D eigenvalue weighted by Gasteiger charge is -2.27. The molecule has 0 aliphatic carbocycles. The average Bonchev–Trinajstić information content (AvgIpc) is 3.02. The molecule has 0 radical (unpaired) electrons. The normalized spacial score (nSPS) is 19.0. The highest BCUT2D eigenvalue weighted by atomic mass is 16.5. The van der Waals surface area contributed by atoms with Gasteiger partial charge in [-0.1, -0.05) is 0 Å². The molecule has 2 aromatic rings. The maximum atomic E-state index is 5.54. The van der Waals surface area contributed by atoms with Crippen molar-refractivity contribution < 1.29 is 4.74 Å². The zero-order valence-electron chi connectivity index (χ0n) is 12.2. The molecule has 3 heterocycles. The number of tetrazole rings is 1. The van der Waals surface area contributed by atoms with Crippen LogP contribution in [0, 0.1) is 5.92 Å². The van der Waals surface area contributed by atoms with Crippen LogP contribution >= 0.6 is 0 Å². The van der Waals surface area contributed by atoms with E-state index in [1.54, 1.807) is 6.20 Å². The summed E-state index contributed by atoms with van der Waals surface area (Å²) in [6.07, 6.45) is 6.07. The Morgan fingerprint density at radius 1 is 1.43 bits per heavy atom. The standard InChI is InChI=1S/C14H20N6O/c1-20(8-11-3-2-4-21-10-11)9-12-5-13(7-15-6-12)14-16-18-19-17-14/h5-7,11H,2-4,8-10H2,1H3,(H,16,17,18,19).